The van der Waals surface area contributed by atoms with Crippen LogP contribution in [0, 0.1) is 11.6 Å². The van der Waals surface area contributed by atoms with Crippen molar-refractivity contribution in [2.75, 3.05) is 0 Å². The lowest BCUT2D eigenvalue weighted by Crippen LogP contribution is -2.29. The Bertz CT molecular complexity index is 2530. The highest BCUT2D eigenvalue weighted by Crippen LogP contribution is 2.46. The van der Waals surface area contributed by atoms with Gasteiger partial charge in [-0.25, -0.2) is 8.78 Å². The van der Waals surface area contributed by atoms with Gasteiger partial charge in [0.05, 0.1) is 0 Å². The quantitative estimate of drug-likeness (QED) is 0.119. The minimum atomic E-state index is -3.09. The van der Waals surface area contributed by atoms with Crippen molar-refractivity contribution in [3.05, 3.63) is 234 Å². The molecule has 0 radical (unpaired) electrons. The van der Waals surface area contributed by atoms with Gasteiger partial charge in [0.15, 0.2) is 14.3 Å². The molecule has 0 aromatic heterocycles. The maximum atomic E-state index is 14.6. The van der Waals surface area contributed by atoms with Crippen LogP contribution in [-0.2, 0) is 9.13 Å². The minimum absolute atomic E-state index is 0.287. The fourth-order valence-corrected chi connectivity index (χ4v) is 13.0. The zero-order valence-corrected chi connectivity index (χ0v) is 34.5. The molecular weight excluding hydrogens is 831 g/mol. The van der Waals surface area contributed by atoms with E-state index in [0.29, 0.717) is 5.46 Å². The van der Waals surface area contributed by atoms with Gasteiger partial charge >= 0.3 is 7.12 Å². The monoisotopic (exact) mass is 868 g/mol. The van der Waals surface area contributed by atoms with Crippen molar-refractivity contribution in [3.8, 4) is 11.1 Å². The molecule has 0 unspecified atom stereocenters. The van der Waals surface area contributed by atoms with E-state index in [2.05, 4.69) is 15.9 Å². The molecule has 0 aliphatic carbocycles. The van der Waals surface area contributed by atoms with E-state index in [1.165, 1.54) is 36.4 Å². The summed E-state index contributed by atoms with van der Waals surface area (Å²) in [6.45, 7) is 0. The molecule has 0 fully saturated rings. The van der Waals surface area contributed by atoms with Gasteiger partial charge in [-0.3, -0.25) is 0 Å². The summed E-state index contributed by atoms with van der Waals surface area (Å²) in [5.41, 5.74) is 1.99. The normalized spacial score (nSPS) is 11.0. The van der Waals surface area contributed by atoms with Crippen molar-refractivity contribution in [2.45, 2.75) is 0 Å². The van der Waals surface area contributed by atoms with E-state index in [4.69, 9.17) is 10.0 Å². The first-order valence-electron chi connectivity index (χ1n) is 18.3. The molecule has 0 spiro atoms. The van der Waals surface area contributed by atoms with Crippen molar-refractivity contribution < 1.29 is 28.0 Å². The maximum absolute atomic E-state index is 14.6. The Morgan fingerprint density at radius 3 is 1.12 bits per heavy atom. The highest BCUT2D eigenvalue weighted by atomic mass is 79.9. The first kappa shape index (κ1) is 42.2. The molecule has 58 heavy (non-hydrogen) atoms. The summed E-state index contributed by atoms with van der Waals surface area (Å²) in [4.78, 5) is 0. The molecule has 0 bridgehead atoms. The van der Waals surface area contributed by atoms with E-state index in [-0.39, 0.29) is 11.6 Å². The molecule has 0 heterocycles. The lowest BCUT2D eigenvalue weighted by molar-refractivity contribution is 0.425. The first-order chi connectivity index (χ1) is 28.1. The van der Waals surface area contributed by atoms with Crippen LogP contribution in [-0.4, -0.2) is 17.2 Å². The third-order valence-electron chi connectivity index (χ3n) is 9.24. The SMILES string of the molecule is O=P(c1ccccc1)(c1ccccc1)c1ccccc1-c1ccc(F)cc1.O=P(c1ccccc1)(c1ccccc1)c1ccccc1Br.OB(O)c1ccc(F)cc1. The van der Waals surface area contributed by atoms with Crippen LogP contribution in [0.15, 0.2) is 223 Å². The molecule has 0 aliphatic rings. The third kappa shape index (κ3) is 9.80. The molecule has 10 heteroatoms. The van der Waals surface area contributed by atoms with Gasteiger partial charge in [-0.2, -0.15) is 0 Å². The Labute approximate surface area is 346 Å². The average Bonchev–Trinajstić information content (AvgIpc) is 3.28. The number of hydrogen-bond acceptors (Lipinski definition) is 4. The Morgan fingerprint density at radius 2 is 0.724 bits per heavy atom. The van der Waals surface area contributed by atoms with Crippen LogP contribution in [0.25, 0.3) is 11.1 Å². The number of rotatable bonds is 8. The van der Waals surface area contributed by atoms with E-state index in [1.807, 2.05) is 170 Å². The fraction of sp³-hybridized carbons (Fsp3) is 0. The largest absolute Gasteiger partial charge is 0.488 e. The predicted octanol–water partition coefficient (Wildman–Crippen LogP) is 8.73. The molecule has 8 aromatic rings. The summed E-state index contributed by atoms with van der Waals surface area (Å²) in [6, 6.07) is 65.2. The molecule has 0 aliphatic heterocycles. The Kier molecular flexibility index (Phi) is 14.4. The van der Waals surface area contributed by atoms with Crippen molar-refractivity contribution in [1.82, 2.24) is 0 Å². The van der Waals surface area contributed by atoms with Gasteiger partial charge in [0, 0.05) is 36.3 Å². The molecule has 0 saturated carbocycles. The van der Waals surface area contributed by atoms with E-state index in [1.54, 1.807) is 12.1 Å². The number of benzene rings is 8. The average molecular weight is 869 g/mol. The lowest BCUT2D eigenvalue weighted by atomic mass is 9.80. The molecule has 8 aromatic carbocycles. The Morgan fingerprint density at radius 1 is 0.397 bits per heavy atom. The third-order valence-corrected chi connectivity index (χ3v) is 16.5. The van der Waals surface area contributed by atoms with Crippen LogP contribution in [0.2, 0.25) is 0 Å². The lowest BCUT2D eigenvalue weighted by Gasteiger charge is -2.23. The van der Waals surface area contributed by atoms with Crippen LogP contribution in [0.4, 0.5) is 8.78 Å². The molecule has 288 valence electrons. The van der Waals surface area contributed by atoms with Crippen LogP contribution in [0.3, 0.4) is 0 Å². The molecule has 4 nitrogen and oxygen atoms in total. The molecule has 2 N–H and O–H groups in total. The van der Waals surface area contributed by atoms with Gasteiger partial charge in [0.1, 0.15) is 11.6 Å². The van der Waals surface area contributed by atoms with Gasteiger partial charge in [-0.15, -0.1) is 0 Å². The maximum Gasteiger partial charge on any atom is 0.488 e. The van der Waals surface area contributed by atoms with Gasteiger partial charge in [0.25, 0.3) is 0 Å². The van der Waals surface area contributed by atoms with Crippen LogP contribution < -0.4 is 37.3 Å². The number of hydrogen-bond donors (Lipinski definition) is 2. The zero-order valence-electron chi connectivity index (χ0n) is 31.1. The van der Waals surface area contributed by atoms with Crippen molar-refractivity contribution in [1.29, 1.82) is 0 Å². The van der Waals surface area contributed by atoms with Crippen molar-refractivity contribution >= 4 is 74.6 Å². The van der Waals surface area contributed by atoms with E-state index >= 15 is 0 Å². The summed E-state index contributed by atoms with van der Waals surface area (Å²) in [5, 5.41) is 22.0. The summed E-state index contributed by atoms with van der Waals surface area (Å²) < 4.78 is 55.1. The van der Waals surface area contributed by atoms with Gasteiger partial charge in [0.2, 0.25) is 0 Å². The van der Waals surface area contributed by atoms with Crippen LogP contribution in [0.5, 0.6) is 0 Å². The van der Waals surface area contributed by atoms with Gasteiger partial charge < -0.3 is 19.2 Å². The van der Waals surface area contributed by atoms with Crippen molar-refractivity contribution in [2.24, 2.45) is 0 Å². The van der Waals surface area contributed by atoms with Crippen LogP contribution >= 0.6 is 30.2 Å². The predicted molar refractivity (Wildman–Crippen MR) is 241 cm³/mol. The molecular formula is C48H38BBrF2O4P2. The Hall–Kier alpha value is -5.46. The summed E-state index contributed by atoms with van der Waals surface area (Å²) >= 11 is 3.55. The highest BCUT2D eigenvalue weighted by molar-refractivity contribution is 9.10. The second-order valence-electron chi connectivity index (χ2n) is 13.0. The molecule has 8 rings (SSSR count). The van der Waals surface area contributed by atoms with Gasteiger partial charge in [-0.1, -0.05) is 198 Å². The van der Waals surface area contributed by atoms with E-state index in [0.717, 1.165) is 47.4 Å². The topological polar surface area (TPSA) is 74.6 Å². The standard InChI is InChI=1S/C24H18FOP.C18H14BrOP.C6H6BFO2/c25-20-17-15-19(16-18-20)23-13-7-8-14-24(23)27(26,21-9-3-1-4-10-21)22-11-5-2-6-12-22;19-17-13-7-8-14-18(17)21(20,15-9-3-1-4-10-15)16-11-5-2-6-12-16;8-6-3-1-5(2-4-6)7(9)10/h1-18H;1-14H;1-4,9-10H. The minimum Gasteiger partial charge on any atom is -0.423 e. The molecule has 0 amide bonds. The summed E-state index contributed by atoms with van der Waals surface area (Å²) in [6.07, 6.45) is 0. The van der Waals surface area contributed by atoms with Crippen molar-refractivity contribution in [3.63, 3.8) is 0 Å². The second-order valence-corrected chi connectivity index (χ2v) is 19.3. The Balaban J connectivity index is 0.000000162. The smallest absolute Gasteiger partial charge is 0.423 e. The summed E-state index contributed by atoms with van der Waals surface area (Å²) in [5.74, 6) is -0.671. The van der Waals surface area contributed by atoms with Gasteiger partial charge in [-0.05, 0) is 53.0 Å². The summed E-state index contributed by atoms with van der Waals surface area (Å²) in [7, 11) is -7.46. The zero-order chi connectivity index (χ0) is 41.0. The fourth-order valence-electron chi connectivity index (χ4n) is 6.37. The molecule has 0 saturated heterocycles. The second kappa shape index (κ2) is 19.8. The van der Waals surface area contributed by atoms with E-state index in [9.17, 15) is 17.9 Å². The van der Waals surface area contributed by atoms with Crippen LogP contribution in [0.1, 0.15) is 0 Å². The highest BCUT2D eigenvalue weighted by Gasteiger charge is 2.32. The molecule has 0 atom stereocenters. The first-order valence-corrected chi connectivity index (χ1v) is 22.5. The van der Waals surface area contributed by atoms with E-state index < -0.39 is 21.4 Å². The number of halogens is 3.